The van der Waals surface area contributed by atoms with E-state index in [-0.39, 0.29) is 18.1 Å². The van der Waals surface area contributed by atoms with Crippen molar-refractivity contribution in [2.45, 2.75) is 32.7 Å². The predicted octanol–water partition coefficient (Wildman–Crippen LogP) is 2.02. The molecule has 1 N–H and O–H groups in total. The number of rotatable bonds is 3. The number of aromatic nitrogens is 6. The zero-order valence-corrected chi connectivity index (χ0v) is 14.0. The fourth-order valence-electron chi connectivity index (χ4n) is 2.97. The summed E-state index contributed by atoms with van der Waals surface area (Å²) in [7, 11) is 0. The fourth-order valence-corrected chi connectivity index (χ4v) is 2.97. The third-order valence-electron chi connectivity index (χ3n) is 4.12. The van der Waals surface area contributed by atoms with E-state index in [2.05, 4.69) is 25.4 Å². The van der Waals surface area contributed by atoms with E-state index in [1.54, 1.807) is 17.0 Å². The highest BCUT2D eigenvalue weighted by Crippen LogP contribution is 2.28. The molecule has 4 heterocycles. The van der Waals surface area contributed by atoms with E-state index >= 15 is 0 Å². The summed E-state index contributed by atoms with van der Waals surface area (Å²) in [5.74, 6) is 0.660. The number of aryl methyl sites for hydroxylation is 1. The van der Waals surface area contributed by atoms with Crippen LogP contribution in [-0.4, -0.2) is 35.8 Å². The maximum atomic E-state index is 13.0. The van der Waals surface area contributed by atoms with Crippen molar-refractivity contribution in [3.8, 4) is 11.5 Å². The van der Waals surface area contributed by atoms with Crippen molar-refractivity contribution in [1.29, 1.82) is 0 Å². The van der Waals surface area contributed by atoms with E-state index in [0.29, 0.717) is 11.5 Å². The summed E-state index contributed by atoms with van der Waals surface area (Å²) in [6.07, 6.45) is -1.23. The van der Waals surface area contributed by atoms with Crippen molar-refractivity contribution in [2.24, 2.45) is 0 Å². The molecule has 3 aromatic rings. The average Bonchev–Trinajstić information content (AvgIpc) is 3.19. The van der Waals surface area contributed by atoms with Gasteiger partial charge in [0.2, 0.25) is 0 Å². The van der Waals surface area contributed by atoms with Crippen molar-refractivity contribution in [2.75, 3.05) is 6.54 Å². The minimum Gasteiger partial charge on any atom is -0.322 e. The van der Waals surface area contributed by atoms with Crippen molar-refractivity contribution in [3.05, 3.63) is 47.4 Å². The largest absolute Gasteiger partial charge is 0.433 e. The summed E-state index contributed by atoms with van der Waals surface area (Å²) < 4.78 is 42.5. The first kappa shape index (κ1) is 16.7. The lowest BCUT2D eigenvalue weighted by molar-refractivity contribution is -0.141. The van der Waals surface area contributed by atoms with Crippen LogP contribution in [0.4, 0.5) is 13.2 Å². The molecule has 0 atom stereocenters. The molecule has 10 heteroatoms. The molecule has 0 unspecified atom stereocenters. The Morgan fingerprint density at radius 3 is 2.85 bits per heavy atom. The van der Waals surface area contributed by atoms with Crippen LogP contribution in [0.3, 0.4) is 0 Å². The van der Waals surface area contributed by atoms with Gasteiger partial charge in [0, 0.05) is 31.2 Å². The summed E-state index contributed by atoms with van der Waals surface area (Å²) in [4.78, 5) is 12.1. The van der Waals surface area contributed by atoms with Gasteiger partial charge in [-0.3, -0.25) is 4.68 Å². The highest BCUT2D eigenvalue weighted by Gasteiger charge is 2.33. The van der Waals surface area contributed by atoms with Gasteiger partial charge in [-0.25, -0.2) is 15.0 Å². The van der Waals surface area contributed by atoms with Crippen LogP contribution in [0.2, 0.25) is 0 Å². The molecule has 0 radical (unpaired) electrons. The molecule has 26 heavy (non-hydrogen) atoms. The van der Waals surface area contributed by atoms with Gasteiger partial charge >= 0.3 is 6.18 Å². The molecule has 0 amide bonds. The number of nitrogens with zero attached hydrogens (tertiary/aromatic N) is 6. The van der Waals surface area contributed by atoms with E-state index in [1.807, 2.05) is 10.7 Å². The normalized spacial score (nSPS) is 14.5. The van der Waals surface area contributed by atoms with Gasteiger partial charge in [-0.05, 0) is 19.1 Å². The Balaban J connectivity index is 1.66. The molecular weight excluding hydrogens is 347 g/mol. The number of hydrogen-bond donors (Lipinski definition) is 1. The van der Waals surface area contributed by atoms with Crippen LogP contribution in [-0.2, 0) is 25.8 Å². The van der Waals surface area contributed by atoms with Gasteiger partial charge in [0.15, 0.2) is 5.82 Å². The summed E-state index contributed by atoms with van der Waals surface area (Å²) >= 11 is 0. The van der Waals surface area contributed by atoms with E-state index in [4.69, 9.17) is 0 Å². The number of hydrogen-bond acceptors (Lipinski definition) is 5. The van der Waals surface area contributed by atoms with Crippen molar-refractivity contribution >= 4 is 0 Å². The lowest BCUT2D eigenvalue weighted by Crippen LogP contribution is -2.28. The van der Waals surface area contributed by atoms with Gasteiger partial charge in [0.25, 0.3) is 0 Å². The Morgan fingerprint density at radius 2 is 2.08 bits per heavy atom. The Morgan fingerprint density at radius 1 is 1.23 bits per heavy atom. The number of alkyl halides is 3. The van der Waals surface area contributed by atoms with Crippen LogP contribution in [0.15, 0.2) is 24.5 Å². The number of halogens is 3. The average molecular weight is 363 g/mol. The second kappa shape index (κ2) is 6.20. The van der Waals surface area contributed by atoms with Crippen LogP contribution in [0.5, 0.6) is 0 Å². The molecule has 4 rings (SSSR count). The first-order valence-electron chi connectivity index (χ1n) is 8.11. The molecule has 0 fully saturated rings. The summed E-state index contributed by atoms with van der Waals surface area (Å²) in [6, 6.07) is 2.87. The van der Waals surface area contributed by atoms with Crippen molar-refractivity contribution < 1.29 is 13.2 Å². The summed E-state index contributed by atoms with van der Waals surface area (Å²) in [6.45, 7) is 3.95. The summed E-state index contributed by atoms with van der Waals surface area (Å²) in [5, 5.41) is 7.81. The molecule has 7 nitrogen and oxygen atoms in total. The summed E-state index contributed by atoms with van der Waals surface area (Å²) in [5.41, 5.74) is 1.06. The fraction of sp³-hybridized carbons (Fsp3) is 0.375. The minimum atomic E-state index is -4.50. The molecular formula is C16H16F3N7. The zero-order valence-electron chi connectivity index (χ0n) is 14.0. The molecule has 136 valence electrons. The zero-order chi connectivity index (χ0) is 18.3. The van der Waals surface area contributed by atoms with Crippen molar-refractivity contribution in [3.63, 3.8) is 0 Å². The Hall–Kier alpha value is -2.75. The molecule has 0 aliphatic carbocycles. The van der Waals surface area contributed by atoms with E-state index in [9.17, 15) is 13.2 Å². The van der Waals surface area contributed by atoms with Crippen LogP contribution in [0, 0.1) is 6.92 Å². The third kappa shape index (κ3) is 3.19. The molecule has 1 aliphatic heterocycles. The van der Waals surface area contributed by atoms with Gasteiger partial charge in [-0.1, -0.05) is 0 Å². The van der Waals surface area contributed by atoms with Gasteiger partial charge in [0.05, 0.1) is 18.8 Å². The first-order valence-corrected chi connectivity index (χ1v) is 8.11. The number of fused-ring (bicyclic) bond motifs is 1. The highest BCUT2D eigenvalue weighted by molar-refractivity contribution is 5.50. The first-order chi connectivity index (χ1) is 12.4. The van der Waals surface area contributed by atoms with Crippen LogP contribution in [0.25, 0.3) is 11.5 Å². The maximum Gasteiger partial charge on any atom is 0.433 e. The second-order valence-electron chi connectivity index (χ2n) is 6.11. The Bertz CT molecular complexity index is 918. The van der Waals surface area contributed by atoms with Gasteiger partial charge < -0.3 is 9.88 Å². The topological polar surface area (TPSA) is 73.5 Å². The predicted molar refractivity (Wildman–Crippen MR) is 86.0 cm³/mol. The molecule has 0 bridgehead atoms. The van der Waals surface area contributed by atoms with Crippen molar-refractivity contribution in [1.82, 2.24) is 34.6 Å². The van der Waals surface area contributed by atoms with Crippen LogP contribution < -0.4 is 5.32 Å². The van der Waals surface area contributed by atoms with E-state index in [1.165, 1.54) is 6.92 Å². The lowest BCUT2D eigenvalue weighted by atomic mass is 10.3. The van der Waals surface area contributed by atoms with Crippen LogP contribution in [0.1, 0.15) is 22.9 Å². The number of nitrogens with one attached hydrogen (secondary N) is 1. The molecule has 0 saturated carbocycles. The van der Waals surface area contributed by atoms with E-state index < -0.39 is 11.9 Å². The maximum absolute atomic E-state index is 13.0. The third-order valence-corrected chi connectivity index (χ3v) is 4.12. The second-order valence-corrected chi connectivity index (χ2v) is 6.11. The number of imidazole rings is 1. The van der Waals surface area contributed by atoms with Crippen LogP contribution >= 0.6 is 0 Å². The monoisotopic (exact) mass is 363 g/mol. The quantitative estimate of drug-likeness (QED) is 0.771. The SMILES string of the molecule is Cc1cc(C(F)(F)F)nc(Cn2ccnc2-c2cc3n(n2)CCNC3)n1. The highest BCUT2D eigenvalue weighted by atomic mass is 19.4. The van der Waals surface area contributed by atoms with Gasteiger partial charge in [-0.15, -0.1) is 0 Å². The Labute approximate surface area is 146 Å². The van der Waals surface area contributed by atoms with Gasteiger partial charge in [0.1, 0.15) is 17.2 Å². The standard InChI is InChI=1S/C16H16F3N7/c1-10-6-13(16(17,18)19)23-14(22-10)9-25-4-3-21-15(25)12-7-11-8-20-2-5-26(11)24-12/h3-4,6-7,20H,2,5,8-9H2,1H3. The molecule has 0 spiro atoms. The Kier molecular flexibility index (Phi) is 3.98. The molecule has 0 aromatic carbocycles. The minimum absolute atomic E-state index is 0.0839. The molecule has 1 aliphatic rings. The lowest BCUT2D eigenvalue weighted by Gasteiger charge is -2.13. The molecule has 0 saturated heterocycles. The smallest absolute Gasteiger partial charge is 0.322 e. The van der Waals surface area contributed by atoms with Gasteiger partial charge in [-0.2, -0.15) is 18.3 Å². The molecule has 3 aromatic heterocycles. The van der Waals surface area contributed by atoms with E-state index in [0.717, 1.165) is 31.4 Å².